The van der Waals surface area contributed by atoms with Crippen LogP contribution in [0.5, 0.6) is 5.75 Å². The van der Waals surface area contributed by atoms with Gasteiger partial charge in [-0.2, -0.15) is 0 Å². The quantitative estimate of drug-likeness (QED) is 0.787. The molecule has 2 aromatic carbocycles. The van der Waals surface area contributed by atoms with Crippen molar-refractivity contribution in [2.45, 2.75) is 20.8 Å². The first-order chi connectivity index (χ1) is 9.49. The van der Waals surface area contributed by atoms with Gasteiger partial charge in [-0.15, -0.1) is 0 Å². The minimum absolute atomic E-state index is 0.431. The molecule has 2 aromatic rings. The van der Waals surface area contributed by atoms with Crippen molar-refractivity contribution in [3.63, 3.8) is 0 Å². The van der Waals surface area contributed by atoms with Gasteiger partial charge in [-0.3, -0.25) is 9.36 Å². The summed E-state index contributed by atoms with van der Waals surface area (Å²) in [5.41, 5.74) is 3.00. The number of benzene rings is 2. The summed E-state index contributed by atoms with van der Waals surface area (Å²) in [4.78, 5) is 12.2. The number of para-hydroxylation sites is 1. The number of rotatable bonds is 4. The molecule has 1 unspecified atom stereocenters. The Kier molecular flexibility index (Phi) is 4.41. The van der Waals surface area contributed by atoms with Crippen molar-refractivity contribution in [2.24, 2.45) is 0 Å². The lowest BCUT2D eigenvalue weighted by Gasteiger charge is -2.10. The second kappa shape index (κ2) is 6.06. The Morgan fingerprint density at radius 2 is 1.55 bits per heavy atom. The number of hydrogen-bond donors (Lipinski definition) is 0. The maximum Gasteiger partial charge on any atom is 0.305 e. The van der Waals surface area contributed by atoms with E-state index in [-0.39, 0.29) is 0 Å². The summed E-state index contributed by atoms with van der Waals surface area (Å²) in [6.45, 7) is 5.76. The van der Waals surface area contributed by atoms with E-state index >= 15 is 0 Å². The number of aryl methyl sites for hydroxylation is 3. The largest absolute Gasteiger partial charge is 0.440 e. The highest BCUT2D eigenvalue weighted by Gasteiger charge is 2.18. The van der Waals surface area contributed by atoms with Crippen LogP contribution in [0.2, 0.25) is 0 Å². The van der Waals surface area contributed by atoms with Crippen LogP contribution in [0.4, 0.5) is 0 Å². The lowest BCUT2D eigenvalue weighted by atomic mass is 10.0. The van der Waals surface area contributed by atoms with Crippen molar-refractivity contribution in [1.29, 1.82) is 0 Å². The molecule has 4 heteroatoms. The van der Waals surface area contributed by atoms with E-state index in [0.717, 1.165) is 16.7 Å². The van der Waals surface area contributed by atoms with Crippen LogP contribution in [-0.2, 0) is 4.57 Å². The minimum atomic E-state index is -2.81. The highest BCUT2D eigenvalue weighted by molar-refractivity contribution is 7.60. The fourth-order valence-corrected chi connectivity index (χ4v) is 2.89. The zero-order valence-corrected chi connectivity index (χ0v) is 12.8. The molecular formula is C16H17O3P. The number of hydrogen-bond acceptors (Lipinski definition) is 3. The van der Waals surface area contributed by atoms with Crippen molar-refractivity contribution in [1.82, 2.24) is 0 Å². The average Bonchev–Trinajstić information content (AvgIpc) is 2.43. The third kappa shape index (κ3) is 3.17. The Balaban J connectivity index is 2.23. The third-order valence-electron chi connectivity index (χ3n) is 3.22. The molecule has 0 heterocycles. The van der Waals surface area contributed by atoms with Gasteiger partial charge in [0.2, 0.25) is 0 Å². The Hall–Kier alpha value is -1.86. The first-order valence-corrected chi connectivity index (χ1v) is 7.70. The Bertz CT molecular complexity index is 663. The molecule has 0 amide bonds. The van der Waals surface area contributed by atoms with Crippen LogP contribution in [0.3, 0.4) is 0 Å². The zero-order chi connectivity index (χ0) is 14.7. The zero-order valence-electron chi connectivity index (χ0n) is 11.8. The van der Waals surface area contributed by atoms with Crippen LogP contribution in [0.15, 0.2) is 42.5 Å². The molecule has 0 saturated heterocycles. The lowest BCUT2D eigenvalue weighted by Crippen LogP contribution is -2.01. The fourth-order valence-electron chi connectivity index (χ4n) is 1.96. The van der Waals surface area contributed by atoms with Crippen molar-refractivity contribution in [2.75, 3.05) is 0 Å². The minimum Gasteiger partial charge on any atom is -0.440 e. The monoisotopic (exact) mass is 288 g/mol. The normalized spacial score (nSPS) is 11.9. The summed E-state index contributed by atoms with van der Waals surface area (Å²) in [5, 5.41) is 0. The van der Waals surface area contributed by atoms with E-state index in [1.807, 2.05) is 32.9 Å². The molecule has 104 valence electrons. The van der Waals surface area contributed by atoms with E-state index < -0.39 is 13.6 Å². The van der Waals surface area contributed by atoms with Gasteiger partial charge in [-0.1, -0.05) is 24.3 Å². The molecule has 0 bridgehead atoms. The Morgan fingerprint density at radius 1 is 0.950 bits per heavy atom. The van der Waals surface area contributed by atoms with Gasteiger partial charge >= 0.3 is 8.03 Å². The predicted octanol–water partition coefficient (Wildman–Crippen LogP) is 4.31. The average molecular weight is 288 g/mol. The van der Waals surface area contributed by atoms with Gasteiger partial charge in [0, 0.05) is 5.56 Å². The number of carbonyl (C=O) groups is 1. The fraction of sp³-hybridized carbons (Fsp3) is 0.188. The van der Waals surface area contributed by atoms with Crippen LogP contribution in [-0.4, -0.2) is 5.52 Å². The molecule has 0 aliphatic rings. The summed E-state index contributed by atoms with van der Waals surface area (Å²) in [5.74, 6) is 0.450. The second-order valence-corrected chi connectivity index (χ2v) is 6.02. The summed E-state index contributed by atoms with van der Waals surface area (Å²) in [6.07, 6.45) is 0. The van der Waals surface area contributed by atoms with Gasteiger partial charge < -0.3 is 4.52 Å². The maximum absolute atomic E-state index is 12.2. The molecule has 0 saturated carbocycles. The predicted molar refractivity (Wildman–Crippen MR) is 81.1 cm³/mol. The van der Waals surface area contributed by atoms with E-state index in [1.54, 1.807) is 30.3 Å². The van der Waals surface area contributed by atoms with Crippen LogP contribution in [0.25, 0.3) is 0 Å². The molecule has 3 nitrogen and oxygen atoms in total. The van der Waals surface area contributed by atoms with Crippen LogP contribution in [0, 0.1) is 20.8 Å². The Labute approximate surface area is 119 Å². The molecule has 0 fully saturated rings. The molecule has 0 aliphatic heterocycles. The van der Waals surface area contributed by atoms with Gasteiger partial charge in [0.15, 0.2) is 0 Å². The lowest BCUT2D eigenvalue weighted by molar-refractivity contribution is 0.106. The van der Waals surface area contributed by atoms with E-state index in [0.29, 0.717) is 11.3 Å². The van der Waals surface area contributed by atoms with Crippen molar-refractivity contribution in [3.8, 4) is 5.75 Å². The molecule has 0 radical (unpaired) electrons. The van der Waals surface area contributed by atoms with Gasteiger partial charge in [0.1, 0.15) is 5.75 Å². The van der Waals surface area contributed by atoms with Gasteiger partial charge in [-0.05, 0) is 55.7 Å². The molecule has 2 rings (SSSR count). The SMILES string of the molecule is Cc1cc(C)c(C(=O)[PH](=O)Oc2ccccc2)cc1C. The molecule has 1 atom stereocenters. The molecule has 0 aromatic heterocycles. The van der Waals surface area contributed by atoms with Gasteiger partial charge in [0.25, 0.3) is 5.52 Å². The summed E-state index contributed by atoms with van der Waals surface area (Å²) >= 11 is 0. The van der Waals surface area contributed by atoms with E-state index in [9.17, 15) is 9.36 Å². The summed E-state index contributed by atoms with van der Waals surface area (Å²) < 4.78 is 17.3. The Morgan fingerprint density at radius 3 is 2.20 bits per heavy atom. The first kappa shape index (κ1) is 14.5. The van der Waals surface area contributed by atoms with E-state index in [1.165, 1.54) is 0 Å². The summed E-state index contributed by atoms with van der Waals surface area (Å²) in [7, 11) is -2.81. The van der Waals surface area contributed by atoms with E-state index in [4.69, 9.17) is 4.52 Å². The molecular weight excluding hydrogens is 271 g/mol. The highest BCUT2D eigenvalue weighted by Crippen LogP contribution is 2.32. The molecule has 0 N–H and O–H groups in total. The standard InChI is InChI=1S/C16H17O3P/c1-11-9-13(3)15(10-12(11)2)16(17)20(18)19-14-7-5-4-6-8-14/h4-10,20H,1-3H3. The topological polar surface area (TPSA) is 43.4 Å². The van der Waals surface area contributed by atoms with Gasteiger partial charge in [0.05, 0.1) is 0 Å². The maximum atomic E-state index is 12.2. The van der Waals surface area contributed by atoms with Gasteiger partial charge in [-0.25, -0.2) is 0 Å². The first-order valence-electron chi connectivity index (χ1n) is 6.38. The highest BCUT2D eigenvalue weighted by atomic mass is 31.1. The van der Waals surface area contributed by atoms with Crippen LogP contribution in [0.1, 0.15) is 27.0 Å². The number of carbonyl (C=O) groups excluding carboxylic acids is 1. The molecule has 0 aliphatic carbocycles. The van der Waals surface area contributed by atoms with E-state index in [2.05, 4.69) is 0 Å². The third-order valence-corrected chi connectivity index (χ3v) is 4.29. The smallest absolute Gasteiger partial charge is 0.305 e. The van der Waals surface area contributed by atoms with Crippen LogP contribution >= 0.6 is 8.03 Å². The summed E-state index contributed by atoms with van der Waals surface area (Å²) in [6, 6.07) is 12.5. The molecule has 0 spiro atoms. The van der Waals surface area contributed by atoms with Crippen LogP contribution < -0.4 is 4.52 Å². The van der Waals surface area contributed by atoms with Crippen molar-refractivity contribution < 1.29 is 13.9 Å². The van der Waals surface area contributed by atoms with Crippen molar-refractivity contribution in [3.05, 3.63) is 64.7 Å². The molecule has 20 heavy (non-hydrogen) atoms. The van der Waals surface area contributed by atoms with Crippen molar-refractivity contribution >= 4 is 13.6 Å². The second-order valence-electron chi connectivity index (χ2n) is 4.78.